The van der Waals surface area contributed by atoms with Gasteiger partial charge in [0.2, 0.25) is 34.8 Å². The second-order valence-corrected chi connectivity index (χ2v) is 28.2. The molecule has 0 bridgehead atoms. The van der Waals surface area contributed by atoms with Crippen LogP contribution in [0.2, 0.25) is 0 Å². The van der Waals surface area contributed by atoms with E-state index in [4.69, 9.17) is 28.9 Å². The number of alkyl carbamates (subject to hydrolysis) is 2. The van der Waals surface area contributed by atoms with E-state index in [1.165, 1.54) is 86.3 Å². The Morgan fingerprint density at radius 2 is 0.991 bits per heavy atom. The van der Waals surface area contributed by atoms with Crippen LogP contribution in [0, 0.1) is 0 Å². The van der Waals surface area contributed by atoms with Crippen molar-refractivity contribution >= 4 is 93.0 Å². The molecule has 5 aliphatic heterocycles. The van der Waals surface area contributed by atoms with Crippen molar-refractivity contribution < 1.29 is 87.0 Å². The van der Waals surface area contributed by atoms with Crippen molar-refractivity contribution in [2.24, 2.45) is 0 Å². The number of ether oxygens (including phenoxy) is 4. The van der Waals surface area contributed by atoms with Crippen molar-refractivity contribution in [2.45, 2.75) is 123 Å². The third-order valence-electron chi connectivity index (χ3n) is 21.3. The molecule has 37 nitrogen and oxygen atoms in total. The quantitative estimate of drug-likeness (QED) is 0.0280. The molecule has 0 saturated carbocycles. The first-order valence-corrected chi connectivity index (χ1v) is 36.9. The van der Waals surface area contributed by atoms with Crippen molar-refractivity contribution in [3.05, 3.63) is 180 Å². The van der Waals surface area contributed by atoms with Gasteiger partial charge >= 0.3 is 30.1 Å². The summed E-state index contributed by atoms with van der Waals surface area (Å²) in [5.74, 6) is -7.11. The number of fused-ring (bicyclic) bond motifs is 10. The Hall–Kier alpha value is -14.0. The molecule has 9 aromatic rings. The number of nitrogens with zero attached hydrogens (tertiary/aromatic N) is 15. The topological polar surface area (TPSA) is 457 Å². The van der Waals surface area contributed by atoms with Crippen LogP contribution in [-0.4, -0.2) is 203 Å². The molecule has 0 radical (unpaired) electrons. The number of aromatic nitrogens is 10. The minimum atomic E-state index is -2.08. The molecule has 6 aromatic heterocycles. The zero-order chi connectivity index (χ0) is 81.6. The van der Waals surface area contributed by atoms with E-state index < -0.39 is 114 Å². The fraction of sp³-hybridized carbons (Fsp3) is 0.346. The summed E-state index contributed by atoms with van der Waals surface area (Å²) in [6, 6.07) is 18.9. The number of pyridine rings is 4. The number of carboxylic acid groups (broad SMARTS) is 1. The molecule has 5 aliphatic rings. The second kappa shape index (κ2) is 31.3. The lowest BCUT2D eigenvalue weighted by atomic mass is 9.85. The minimum Gasteiger partial charge on any atom is -0.508 e. The van der Waals surface area contributed by atoms with Gasteiger partial charge in [-0.2, -0.15) is 0 Å². The second-order valence-electron chi connectivity index (χ2n) is 28.2. The maximum atomic E-state index is 14.4. The standard InChI is InChI=1S/C78H77N17O20/c1-7-48-50-26-46(96)15-17-58(50)81-69-52(48)34-93-60(69)28-56-54(71(93)106)40-112-73(108)77(56,9-3)114-75(110)79-30-43-32-91(85-83-43)23-21-89(64(100)25-42-11-13-45(14-12-42)95-62(98)19-20-63(95)99)37-65(101)87(5)36-67(103)90(38-66(102)88(6)39-68(104)105)22-24-92-33-44(84-86-92)31-80-76(111)115-78(10-4)57-29-61-70-53(35-94(61)72(107)55(57)41-113-74(78)109)49(8-2)51-27-47(97)16-18-59(51)82-70/h11-20,26-29,32-33,96-97H,7-10,21-25,30-31,34-41H2,1-6H3,(H,79,110)(H,80,111)(H,104,105)/t77-,78-/m0/s1. The van der Waals surface area contributed by atoms with E-state index in [1.54, 1.807) is 50.2 Å². The smallest absolute Gasteiger partial charge is 0.408 e. The Balaban J connectivity index is 0.630. The number of esters is 2. The molecule has 0 fully saturated rings. The molecule has 0 spiro atoms. The van der Waals surface area contributed by atoms with Gasteiger partial charge in [-0.05, 0) is 103 Å². The summed E-state index contributed by atoms with van der Waals surface area (Å²) in [6.45, 7) is 2.59. The number of hydrogen-bond acceptors (Lipinski definition) is 25. The van der Waals surface area contributed by atoms with Gasteiger partial charge in [-0.3, -0.25) is 52.5 Å². The van der Waals surface area contributed by atoms with Crippen molar-refractivity contribution in [3.63, 3.8) is 0 Å². The summed E-state index contributed by atoms with van der Waals surface area (Å²) in [7, 11) is 2.51. The number of aromatic hydroxyl groups is 2. The predicted molar refractivity (Wildman–Crippen MR) is 401 cm³/mol. The van der Waals surface area contributed by atoms with E-state index in [1.807, 2.05) is 13.8 Å². The number of benzene rings is 3. The van der Waals surface area contributed by atoms with E-state index in [0.29, 0.717) is 52.2 Å². The number of rotatable bonds is 27. The molecule has 115 heavy (non-hydrogen) atoms. The molecule has 8 amide bonds. The summed E-state index contributed by atoms with van der Waals surface area (Å²) < 4.78 is 28.6. The number of phenols is 2. The fourth-order valence-corrected chi connectivity index (χ4v) is 15.2. The molecular formula is C78H77N17O20. The number of aryl methyl sites for hydroxylation is 2. The van der Waals surface area contributed by atoms with Crippen LogP contribution in [0.3, 0.4) is 0 Å². The first kappa shape index (κ1) is 77.7. The summed E-state index contributed by atoms with van der Waals surface area (Å²) >= 11 is 0. The Labute approximate surface area is 652 Å². The van der Waals surface area contributed by atoms with Crippen LogP contribution in [0.5, 0.6) is 11.5 Å². The van der Waals surface area contributed by atoms with Crippen molar-refractivity contribution in [1.82, 2.24) is 79.3 Å². The zero-order valence-electron chi connectivity index (χ0n) is 63.2. The van der Waals surface area contributed by atoms with E-state index in [-0.39, 0.29) is 136 Å². The van der Waals surface area contributed by atoms with Gasteiger partial charge in [-0.15, -0.1) is 10.2 Å². The first-order valence-electron chi connectivity index (χ1n) is 36.9. The van der Waals surface area contributed by atoms with E-state index in [9.17, 15) is 77.6 Å². The highest BCUT2D eigenvalue weighted by Gasteiger charge is 2.53. The van der Waals surface area contributed by atoms with Gasteiger partial charge < -0.3 is 73.6 Å². The third-order valence-corrected chi connectivity index (χ3v) is 21.3. The minimum absolute atomic E-state index is 0.0557. The number of anilines is 1. The van der Waals surface area contributed by atoms with Crippen LogP contribution in [0.4, 0.5) is 15.3 Å². The summed E-state index contributed by atoms with van der Waals surface area (Å²) in [5.41, 5.74) is 2.68. The van der Waals surface area contributed by atoms with E-state index >= 15 is 0 Å². The molecule has 0 saturated heterocycles. The maximum Gasteiger partial charge on any atom is 0.408 e. The number of cyclic esters (lactones) is 2. The van der Waals surface area contributed by atoms with Crippen molar-refractivity contribution in [2.75, 3.05) is 58.3 Å². The molecule has 2 atom stereocenters. The highest BCUT2D eigenvalue weighted by molar-refractivity contribution is 6.28. The number of carbonyl (C=O) groups is 11. The number of phenolic OH excluding ortho intramolecular Hbond substituents is 2. The fourth-order valence-electron chi connectivity index (χ4n) is 15.2. The normalized spacial score (nSPS) is 16.1. The van der Waals surface area contributed by atoms with Gasteiger partial charge in [-0.1, -0.05) is 50.3 Å². The number of carbonyl (C=O) groups excluding carboxylic acids is 10. The Morgan fingerprint density at radius 1 is 0.548 bits per heavy atom. The highest BCUT2D eigenvalue weighted by Crippen LogP contribution is 2.45. The lowest BCUT2D eigenvalue weighted by Gasteiger charge is -2.35. The number of carboxylic acids is 1. The van der Waals surface area contributed by atoms with Crippen LogP contribution < -0.4 is 26.7 Å². The van der Waals surface area contributed by atoms with Gasteiger partial charge in [0.15, 0.2) is 0 Å². The van der Waals surface area contributed by atoms with Gasteiger partial charge in [0.25, 0.3) is 22.9 Å². The SMILES string of the molecule is CCc1c2c(nc3ccc(O)cc13)-c1cc3c(c(=O)n1C2)COC(=O)[C@@]3(CC)OC(=O)NCc1cn(CCN(CC(=O)N(C)CC(=O)N(CCn2cc(CNC(=O)O[C@]3(CC)C(=O)OCc4c3cc3n(c4=O)Cc4c-3nc3ccc(O)cc3c4CC)nn2)CC(=O)N(C)CC(=O)O)C(=O)Cc2ccc(N3C(=O)C=CC3=O)cc2)nn1. The third kappa shape index (κ3) is 14.8. The lowest BCUT2D eigenvalue weighted by molar-refractivity contribution is -0.173. The van der Waals surface area contributed by atoms with Gasteiger partial charge in [0.05, 0.1) is 128 Å². The molecule has 11 heterocycles. The summed E-state index contributed by atoms with van der Waals surface area (Å²) in [5, 5.41) is 53.4. The van der Waals surface area contributed by atoms with Gasteiger partial charge in [0, 0.05) is 72.4 Å². The zero-order valence-corrected chi connectivity index (χ0v) is 63.2. The number of nitrogens with one attached hydrogen (secondary N) is 2. The number of amides is 8. The van der Waals surface area contributed by atoms with Crippen LogP contribution in [-0.2, 0) is 145 Å². The van der Waals surface area contributed by atoms with Gasteiger partial charge in [0.1, 0.15) is 42.6 Å². The van der Waals surface area contributed by atoms with Gasteiger partial charge in [-0.25, -0.2) is 34.0 Å². The molecule has 5 N–H and O–H groups in total. The summed E-state index contributed by atoms with van der Waals surface area (Å²) in [4.78, 5) is 192. The Morgan fingerprint density at radius 3 is 1.43 bits per heavy atom. The van der Waals surface area contributed by atoms with Crippen LogP contribution in [0.15, 0.2) is 107 Å². The maximum absolute atomic E-state index is 14.4. The average molecular weight is 1570 g/mol. The van der Waals surface area contributed by atoms with Crippen LogP contribution in [0.25, 0.3) is 44.6 Å². The van der Waals surface area contributed by atoms with E-state index in [2.05, 4.69) is 31.3 Å². The number of imide groups is 1. The molecule has 37 heteroatoms. The Kier molecular flexibility index (Phi) is 21.1. The van der Waals surface area contributed by atoms with Crippen LogP contribution >= 0.6 is 0 Å². The molecule has 594 valence electrons. The largest absolute Gasteiger partial charge is 0.508 e. The molecule has 0 unspecified atom stereocenters. The van der Waals surface area contributed by atoms with Crippen molar-refractivity contribution in [1.29, 1.82) is 0 Å². The van der Waals surface area contributed by atoms with Crippen LogP contribution in [0.1, 0.15) is 102 Å². The monoisotopic (exact) mass is 1570 g/mol. The molecular weight excluding hydrogens is 1490 g/mol. The lowest BCUT2D eigenvalue weighted by Crippen LogP contribution is -2.49. The van der Waals surface area contributed by atoms with E-state index in [0.717, 1.165) is 64.8 Å². The Bertz CT molecular complexity index is 5750. The van der Waals surface area contributed by atoms with Crippen molar-refractivity contribution in [3.8, 4) is 34.3 Å². The molecule has 0 aliphatic carbocycles. The summed E-state index contributed by atoms with van der Waals surface area (Å²) in [6.07, 6.45) is 3.45. The number of aliphatic carboxylic acids is 1. The highest BCUT2D eigenvalue weighted by atomic mass is 16.6. The predicted octanol–water partition coefficient (Wildman–Crippen LogP) is 3.09. The molecule has 3 aromatic carbocycles. The molecule has 14 rings (SSSR count). The number of likely N-dealkylation sites (N-methyl/N-ethyl adjacent to an activating group) is 2. The first-order chi connectivity index (χ1) is 55.1. The number of hydrogen-bond donors (Lipinski definition) is 5. The average Bonchev–Trinajstić information content (AvgIpc) is 1.62.